The van der Waals surface area contributed by atoms with E-state index in [4.69, 9.17) is 9.40 Å². The SMILES string of the molecule is O=C1c2ccccc2C(=O)N1Cc1ccc(CN2CCc3nc(C4=NCCCC4)[nH]c(=O)c3C2)o1. The van der Waals surface area contributed by atoms with Gasteiger partial charge in [0.1, 0.15) is 11.5 Å². The molecule has 0 saturated carbocycles. The van der Waals surface area contributed by atoms with Crippen LogP contribution in [0, 0.1) is 0 Å². The van der Waals surface area contributed by atoms with Crippen LogP contribution in [0.2, 0.25) is 0 Å². The average Bonchev–Trinajstić information content (AvgIpc) is 3.43. The summed E-state index contributed by atoms with van der Waals surface area (Å²) in [5, 5.41) is 0. The highest BCUT2D eigenvalue weighted by Gasteiger charge is 2.35. The summed E-state index contributed by atoms with van der Waals surface area (Å²) in [6.07, 6.45) is 3.70. The van der Waals surface area contributed by atoms with Crippen LogP contribution in [0.4, 0.5) is 0 Å². The molecule has 35 heavy (non-hydrogen) atoms. The molecule has 9 heteroatoms. The lowest BCUT2D eigenvalue weighted by molar-refractivity contribution is 0.0630. The standard InChI is InChI=1S/C26H25N5O4/c32-24-20-15-30(12-10-21(20)28-23(29-24)22-7-3-4-11-27-22)13-16-8-9-17(35-16)14-31-25(33)18-5-1-2-6-19(18)26(31)34/h1-2,5-6,8-9H,3-4,7,10-15H2,(H,28,29,32). The van der Waals surface area contributed by atoms with Crippen molar-refractivity contribution in [3.63, 3.8) is 0 Å². The number of nitrogens with zero attached hydrogens (tertiary/aromatic N) is 4. The summed E-state index contributed by atoms with van der Waals surface area (Å²) in [5.41, 5.74) is 3.18. The first-order valence-electron chi connectivity index (χ1n) is 12.0. The molecular formula is C26H25N5O4. The zero-order valence-electron chi connectivity index (χ0n) is 19.2. The smallest absolute Gasteiger partial charge is 0.261 e. The van der Waals surface area contributed by atoms with Gasteiger partial charge in [-0.15, -0.1) is 0 Å². The molecule has 0 spiro atoms. The number of hydrogen-bond acceptors (Lipinski definition) is 7. The number of rotatable bonds is 5. The van der Waals surface area contributed by atoms with Crippen LogP contribution in [-0.2, 0) is 26.1 Å². The van der Waals surface area contributed by atoms with E-state index < -0.39 is 0 Å². The number of aromatic amines is 1. The Morgan fingerprint density at radius 1 is 0.914 bits per heavy atom. The first-order chi connectivity index (χ1) is 17.1. The van der Waals surface area contributed by atoms with Gasteiger partial charge >= 0.3 is 0 Å². The van der Waals surface area contributed by atoms with Gasteiger partial charge in [0.25, 0.3) is 17.4 Å². The monoisotopic (exact) mass is 471 g/mol. The number of imide groups is 1. The van der Waals surface area contributed by atoms with Crippen LogP contribution < -0.4 is 5.56 Å². The summed E-state index contributed by atoms with van der Waals surface area (Å²) in [4.78, 5) is 53.6. The Balaban J connectivity index is 1.13. The lowest BCUT2D eigenvalue weighted by Crippen LogP contribution is -2.36. The number of amides is 2. The molecule has 2 amide bonds. The van der Waals surface area contributed by atoms with E-state index in [1.54, 1.807) is 30.3 Å². The van der Waals surface area contributed by atoms with Gasteiger partial charge in [-0.2, -0.15) is 0 Å². The summed E-state index contributed by atoms with van der Waals surface area (Å²) in [6.45, 7) is 2.64. The lowest BCUT2D eigenvalue weighted by Gasteiger charge is -2.27. The lowest BCUT2D eigenvalue weighted by atomic mass is 10.1. The van der Waals surface area contributed by atoms with Crippen molar-refractivity contribution in [2.24, 2.45) is 4.99 Å². The first-order valence-corrected chi connectivity index (χ1v) is 12.0. The van der Waals surface area contributed by atoms with Crippen LogP contribution in [0.3, 0.4) is 0 Å². The van der Waals surface area contributed by atoms with E-state index in [-0.39, 0.29) is 23.9 Å². The Bertz CT molecular complexity index is 1380. The van der Waals surface area contributed by atoms with Gasteiger partial charge in [-0.05, 0) is 43.5 Å². The van der Waals surface area contributed by atoms with E-state index in [9.17, 15) is 14.4 Å². The molecule has 1 N–H and O–H groups in total. The highest BCUT2D eigenvalue weighted by molar-refractivity contribution is 6.21. The Morgan fingerprint density at radius 2 is 1.66 bits per heavy atom. The van der Waals surface area contributed by atoms with Crippen LogP contribution in [0.5, 0.6) is 0 Å². The molecular weight excluding hydrogens is 446 g/mol. The minimum atomic E-state index is -0.304. The molecule has 9 nitrogen and oxygen atoms in total. The second kappa shape index (κ2) is 8.74. The maximum atomic E-state index is 12.8. The van der Waals surface area contributed by atoms with Gasteiger partial charge in [0, 0.05) is 26.1 Å². The van der Waals surface area contributed by atoms with Gasteiger partial charge in [0.05, 0.1) is 41.2 Å². The number of nitrogens with one attached hydrogen (secondary N) is 1. The van der Waals surface area contributed by atoms with Gasteiger partial charge in [0.2, 0.25) is 0 Å². The average molecular weight is 472 g/mol. The number of H-pyrrole nitrogens is 1. The fraction of sp³-hybridized carbons (Fsp3) is 0.346. The number of fused-ring (bicyclic) bond motifs is 2. The summed E-state index contributed by atoms with van der Waals surface area (Å²) in [7, 11) is 0. The molecule has 0 bridgehead atoms. The molecule has 0 aliphatic carbocycles. The van der Waals surface area contributed by atoms with E-state index in [0.29, 0.717) is 47.8 Å². The first kappa shape index (κ1) is 21.7. The molecule has 1 aromatic carbocycles. The third kappa shape index (κ3) is 4.01. The second-order valence-corrected chi connectivity index (χ2v) is 9.20. The van der Waals surface area contributed by atoms with Crippen molar-refractivity contribution in [1.29, 1.82) is 0 Å². The number of carbonyl (C=O) groups excluding carboxylic acids is 2. The van der Waals surface area contributed by atoms with Gasteiger partial charge in [-0.3, -0.25) is 29.2 Å². The predicted molar refractivity (Wildman–Crippen MR) is 127 cm³/mol. The summed E-state index contributed by atoms with van der Waals surface area (Å²) >= 11 is 0. The normalized spacial score (nSPS) is 17.9. The molecule has 178 valence electrons. The molecule has 0 saturated heterocycles. The van der Waals surface area contributed by atoms with Crippen LogP contribution in [0.1, 0.15) is 68.6 Å². The fourth-order valence-corrected chi connectivity index (χ4v) is 4.99. The molecule has 0 fully saturated rings. The molecule has 2 aromatic heterocycles. The fourth-order valence-electron chi connectivity index (χ4n) is 4.99. The molecule has 5 heterocycles. The van der Waals surface area contributed by atoms with E-state index in [1.165, 1.54) is 4.90 Å². The van der Waals surface area contributed by atoms with Crippen molar-refractivity contribution >= 4 is 17.5 Å². The maximum Gasteiger partial charge on any atom is 0.261 e. The Hall–Kier alpha value is -3.85. The van der Waals surface area contributed by atoms with Crippen molar-refractivity contribution in [2.75, 3.05) is 13.1 Å². The Kier molecular flexibility index (Phi) is 5.41. The molecule has 0 atom stereocenters. The zero-order chi connectivity index (χ0) is 23.9. The zero-order valence-corrected chi connectivity index (χ0v) is 19.2. The van der Waals surface area contributed by atoms with E-state index in [1.807, 2.05) is 6.07 Å². The minimum absolute atomic E-state index is 0.0887. The summed E-state index contributed by atoms with van der Waals surface area (Å²) in [6, 6.07) is 10.5. The quantitative estimate of drug-likeness (QED) is 0.573. The van der Waals surface area contributed by atoms with Crippen molar-refractivity contribution in [3.05, 3.63) is 86.5 Å². The minimum Gasteiger partial charge on any atom is -0.463 e. The summed E-state index contributed by atoms with van der Waals surface area (Å²) < 4.78 is 5.96. The highest BCUT2D eigenvalue weighted by Crippen LogP contribution is 2.25. The van der Waals surface area contributed by atoms with Crippen LogP contribution in [0.25, 0.3) is 0 Å². The number of aliphatic imine (C=N–C) groups is 1. The molecule has 3 aromatic rings. The van der Waals surface area contributed by atoms with Crippen LogP contribution in [-0.4, -0.2) is 50.4 Å². The Labute approximate surface area is 201 Å². The molecule has 6 rings (SSSR count). The summed E-state index contributed by atoms with van der Waals surface area (Å²) in [5.74, 6) is 1.27. The van der Waals surface area contributed by atoms with Crippen molar-refractivity contribution in [3.8, 4) is 0 Å². The van der Waals surface area contributed by atoms with Crippen molar-refractivity contribution < 1.29 is 14.0 Å². The second-order valence-electron chi connectivity index (χ2n) is 9.20. The number of carbonyl (C=O) groups is 2. The predicted octanol–water partition coefficient (Wildman–Crippen LogP) is 2.69. The number of furan rings is 1. The third-order valence-corrected chi connectivity index (χ3v) is 6.83. The number of benzene rings is 1. The van der Waals surface area contributed by atoms with E-state index >= 15 is 0 Å². The third-order valence-electron chi connectivity index (χ3n) is 6.83. The molecule has 0 radical (unpaired) electrons. The van der Waals surface area contributed by atoms with Crippen LogP contribution >= 0.6 is 0 Å². The maximum absolute atomic E-state index is 12.8. The number of aromatic nitrogens is 2. The van der Waals surface area contributed by atoms with E-state index in [0.717, 1.165) is 49.5 Å². The highest BCUT2D eigenvalue weighted by atomic mass is 16.3. The van der Waals surface area contributed by atoms with E-state index in [2.05, 4.69) is 14.9 Å². The number of hydrogen-bond donors (Lipinski definition) is 1. The molecule has 3 aliphatic rings. The van der Waals surface area contributed by atoms with Gasteiger partial charge in [0.15, 0.2) is 5.82 Å². The largest absolute Gasteiger partial charge is 0.463 e. The van der Waals surface area contributed by atoms with Gasteiger partial charge < -0.3 is 9.40 Å². The van der Waals surface area contributed by atoms with Gasteiger partial charge in [-0.1, -0.05) is 12.1 Å². The Morgan fingerprint density at radius 3 is 2.37 bits per heavy atom. The van der Waals surface area contributed by atoms with Gasteiger partial charge in [-0.25, -0.2) is 4.98 Å². The van der Waals surface area contributed by atoms with Crippen molar-refractivity contribution in [1.82, 2.24) is 19.8 Å². The topological polar surface area (TPSA) is 112 Å². The van der Waals surface area contributed by atoms with Crippen LogP contribution in [0.15, 0.2) is 50.6 Å². The van der Waals surface area contributed by atoms with Crippen molar-refractivity contribution in [2.45, 2.75) is 45.3 Å². The molecule has 3 aliphatic heterocycles. The molecule has 0 unspecified atom stereocenters.